The molecule has 0 unspecified atom stereocenters. The van der Waals surface area contributed by atoms with Gasteiger partial charge in [0.1, 0.15) is 11.4 Å². The van der Waals surface area contributed by atoms with Crippen molar-refractivity contribution in [2.45, 2.75) is 39.2 Å². The van der Waals surface area contributed by atoms with Crippen LogP contribution in [0.15, 0.2) is 24.3 Å². The fraction of sp³-hybridized carbons (Fsp3) is 0.611. The van der Waals surface area contributed by atoms with E-state index in [2.05, 4.69) is 29.4 Å². The van der Waals surface area contributed by atoms with Crippen molar-refractivity contribution in [3.05, 3.63) is 24.3 Å². The first-order chi connectivity index (χ1) is 11.0. The van der Waals surface area contributed by atoms with E-state index in [-0.39, 0.29) is 11.5 Å². The molecule has 1 aromatic carbocycles. The van der Waals surface area contributed by atoms with Gasteiger partial charge in [-0.15, -0.1) is 0 Å². The van der Waals surface area contributed by atoms with Gasteiger partial charge in [-0.05, 0) is 44.5 Å². The van der Waals surface area contributed by atoms with Gasteiger partial charge in [0.2, 0.25) is 5.91 Å². The summed E-state index contributed by atoms with van der Waals surface area (Å²) in [6.07, 6.45) is 1.47. The number of hydrogen-bond donors (Lipinski definition) is 2. The summed E-state index contributed by atoms with van der Waals surface area (Å²) in [6, 6.07) is 7.60. The van der Waals surface area contributed by atoms with Crippen LogP contribution in [0.5, 0.6) is 5.75 Å². The summed E-state index contributed by atoms with van der Waals surface area (Å²) in [5.41, 5.74) is 0.599. The van der Waals surface area contributed by atoms with Crippen molar-refractivity contribution in [3.63, 3.8) is 0 Å². The molecule has 1 amide bonds. The van der Waals surface area contributed by atoms with Crippen LogP contribution in [0.25, 0.3) is 0 Å². The molecular formula is C18H29N3O2. The van der Waals surface area contributed by atoms with E-state index in [1.807, 2.05) is 31.2 Å². The van der Waals surface area contributed by atoms with Crippen molar-refractivity contribution >= 4 is 11.6 Å². The van der Waals surface area contributed by atoms with Crippen molar-refractivity contribution in [1.82, 2.24) is 10.2 Å². The normalized spacial score (nSPS) is 16.1. The first-order valence-corrected chi connectivity index (χ1v) is 8.50. The van der Waals surface area contributed by atoms with Gasteiger partial charge in [-0.1, -0.05) is 6.92 Å². The molecule has 0 aliphatic carbocycles. The fourth-order valence-electron chi connectivity index (χ4n) is 2.59. The Bertz CT molecular complexity index is 493. The Balaban J connectivity index is 1.82. The third-order valence-corrected chi connectivity index (χ3v) is 4.09. The van der Waals surface area contributed by atoms with E-state index in [9.17, 15) is 4.79 Å². The van der Waals surface area contributed by atoms with Gasteiger partial charge >= 0.3 is 0 Å². The minimum Gasteiger partial charge on any atom is -0.488 e. The molecule has 0 aromatic heterocycles. The van der Waals surface area contributed by atoms with E-state index in [1.165, 1.54) is 0 Å². The SMILES string of the molecule is CCC(=O)Nc1ccc(OC(C)(C)CCN2CCNCC2)cc1. The second-order valence-corrected chi connectivity index (χ2v) is 6.63. The van der Waals surface area contributed by atoms with Crippen molar-refractivity contribution in [3.8, 4) is 5.75 Å². The zero-order valence-corrected chi connectivity index (χ0v) is 14.5. The summed E-state index contributed by atoms with van der Waals surface area (Å²) in [6.45, 7) is 11.5. The first kappa shape index (κ1) is 17.8. The lowest BCUT2D eigenvalue weighted by Gasteiger charge is -2.32. The Hall–Kier alpha value is -1.59. The standard InChI is InChI=1S/C18H29N3O2/c1-4-17(22)20-15-5-7-16(8-6-15)23-18(2,3)9-12-21-13-10-19-11-14-21/h5-8,19H,4,9-14H2,1-3H3,(H,20,22). The number of amides is 1. The van der Waals surface area contributed by atoms with Crippen LogP contribution >= 0.6 is 0 Å². The maximum absolute atomic E-state index is 11.4. The third kappa shape index (κ3) is 6.20. The van der Waals surface area contributed by atoms with E-state index in [4.69, 9.17) is 4.74 Å². The summed E-state index contributed by atoms with van der Waals surface area (Å²) in [5.74, 6) is 0.861. The molecule has 1 fully saturated rings. The van der Waals surface area contributed by atoms with Gasteiger partial charge in [-0.25, -0.2) is 0 Å². The molecule has 128 valence electrons. The average molecular weight is 319 g/mol. The average Bonchev–Trinajstić information content (AvgIpc) is 2.55. The van der Waals surface area contributed by atoms with Gasteiger partial charge in [-0.2, -0.15) is 0 Å². The van der Waals surface area contributed by atoms with Gasteiger partial charge in [0.05, 0.1) is 0 Å². The Morgan fingerprint density at radius 3 is 2.52 bits per heavy atom. The molecule has 5 heteroatoms. The number of anilines is 1. The molecule has 23 heavy (non-hydrogen) atoms. The molecule has 1 aliphatic rings. The van der Waals surface area contributed by atoms with Crippen LogP contribution in [0.4, 0.5) is 5.69 Å². The van der Waals surface area contributed by atoms with Crippen molar-refractivity contribution < 1.29 is 9.53 Å². The minimum atomic E-state index is -0.209. The smallest absolute Gasteiger partial charge is 0.224 e. The Labute approximate surface area is 139 Å². The van der Waals surface area contributed by atoms with E-state index in [0.717, 1.165) is 50.6 Å². The molecule has 0 spiro atoms. The maximum atomic E-state index is 11.4. The molecular weight excluding hydrogens is 290 g/mol. The number of nitrogens with zero attached hydrogens (tertiary/aromatic N) is 1. The molecule has 0 radical (unpaired) electrons. The second kappa shape index (κ2) is 8.31. The molecule has 0 bridgehead atoms. The monoisotopic (exact) mass is 319 g/mol. The Kier molecular flexibility index (Phi) is 6.42. The van der Waals surface area contributed by atoms with E-state index in [1.54, 1.807) is 0 Å². The molecule has 1 aromatic rings. The molecule has 0 saturated carbocycles. The summed E-state index contributed by atoms with van der Waals surface area (Å²) in [7, 11) is 0. The van der Waals surface area contributed by atoms with E-state index in [0.29, 0.717) is 6.42 Å². The predicted molar refractivity (Wildman–Crippen MR) is 94.0 cm³/mol. The number of ether oxygens (including phenoxy) is 1. The lowest BCUT2D eigenvalue weighted by atomic mass is 10.0. The van der Waals surface area contributed by atoms with Crippen molar-refractivity contribution in [2.24, 2.45) is 0 Å². The zero-order valence-electron chi connectivity index (χ0n) is 14.5. The second-order valence-electron chi connectivity index (χ2n) is 6.63. The van der Waals surface area contributed by atoms with Crippen LogP contribution in [-0.2, 0) is 4.79 Å². The molecule has 1 heterocycles. The summed E-state index contributed by atoms with van der Waals surface area (Å²) in [4.78, 5) is 13.9. The molecule has 5 nitrogen and oxygen atoms in total. The number of carbonyl (C=O) groups excluding carboxylic acids is 1. The number of nitrogens with one attached hydrogen (secondary N) is 2. The molecule has 0 atom stereocenters. The van der Waals surface area contributed by atoms with E-state index < -0.39 is 0 Å². The maximum Gasteiger partial charge on any atom is 0.224 e. The summed E-state index contributed by atoms with van der Waals surface area (Å²) < 4.78 is 6.12. The highest BCUT2D eigenvalue weighted by molar-refractivity contribution is 5.90. The number of carbonyl (C=O) groups is 1. The van der Waals surface area contributed by atoms with Gasteiger partial charge in [0.15, 0.2) is 0 Å². The van der Waals surface area contributed by atoms with Crippen molar-refractivity contribution in [1.29, 1.82) is 0 Å². The largest absolute Gasteiger partial charge is 0.488 e. The first-order valence-electron chi connectivity index (χ1n) is 8.50. The number of rotatable bonds is 7. The molecule has 2 rings (SSSR count). The minimum absolute atomic E-state index is 0.0232. The van der Waals surface area contributed by atoms with Crippen LogP contribution in [0.1, 0.15) is 33.6 Å². The summed E-state index contributed by atoms with van der Waals surface area (Å²) in [5, 5.41) is 6.21. The third-order valence-electron chi connectivity index (χ3n) is 4.09. The fourth-order valence-corrected chi connectivity index (χ4v) is 2.59. The lowest BCUT2D eigenvalue weighted by Crippen LogP contribution is -2.45. The molecule has 2 N–H and O–H groups in total. The Morgan fingerprint density at radius 2 is 1.91 bits per heavy atom. The zero-order chi connectivity index (χ0) is 16.7. The van der Waals surface area contributed by atoms with Crippen LogP contribution in [0.3, 0.4) is 0 Å². The van der Waals surface area contributed by atoms with Gasteiger partial charge in [0, 0.05) is 44.8 Å². The van der Waals surface area contributed by atoms with Crippen molar-refractivity contribution in [2.75, 3.05) is 38.0 Å². The quantitative estimate of drug-likeness (QED) is 0.811. The van der Waals surface area contributed by atoms with Crippen LogP contribution in [0.2, 0.25) is 0 Å². The topological polar surface area (TPSA) is 53.6 Å². The number of piperazine rings is 1. The molecule has 1 saturated heterocycles. The van der Waals surface area contributed by atoms with Gasteiger partial charge in [-0.3, -0.25) is 4.79 Å². The predicted octanol–water partition coefficient (Wildman–Crippen LogP) is 2.49. The van der Waals surface area contributed by atoms with Gasteiger partial charge in [0.25, 0.3) is 0 Å². The lowest BCUT2D eigenvalue weighted by molar-refractivity contribution is -0.115. The number of hydrogen-bond acceptors (Lipinski definition) is 4. The van der Waals surface area contributed by atoms with Crippen LogP contribution < -0.4 is 15.4 Å². The highest BCUT2D eigenvalue weighted by atomic mass is 16.5. The highest BCUT2D eigenvalue weighted by Gasteiger charge is 2.22. The molecule has 1 aliphatic heterocycles. The van der Waals surface area contributed by atoms with E-state index >= 15 is 0 Å². The Morgan fingerprint density at radius 1 is 1.26 bits per heavy atom. The van der Waals surface area contributed by atoms with Gasteiger partial charge < -0.3 is 20.3 Å². The van der Waals surface area contributed by atoms with Crippen LogP contribution in [0, 0.1) is 0 Å². The summed E-state index contributed by atoms with van der Waals surface area (Å²) >= 11 is 0. The highest BCUT2D eigenvalue weighted by Crippen LogP contribution is 2.23. The number of benzene rings is 1. The van der Waals surface area contributed by atoms with Crippen LogP contribution in [-0.4, -0.2) is 49.1 Å².